The molecule has 1 fully saturated rings. The molecular weight excluding hydrogens is 350 g/mol. The van der Waals surface area contributed by atoms with Crippen molar-refractivity contribution in [3.05, 3.63) is 69.7 Å². The maximum absolute atomic E-state index is 12.1. The van der Waals surface area contributed by atoms with Gasteiger partial charge in [0.15, 0.2) is 5.58 Å². The number of oxazole rings is 1. The highest BCUT2D eigenvalue weighted by molar-refractivity contribution is 6.30. The summed E-state index contributed by atoms with van der Waals surface area (Å²) in [5, 5.41) is 0.778. The molecule has 0 N–H and O–H groups in total. The minimum atomic E-state index is -0.271. The fourth-order valence-corrected chi connectivity index (χ4v) is 3.61. The molecule has 1 aliphatic rings. The molecule has 0 atom stereocenters. The molecule has 5 nitrogen and oxygen atoms in total. The van der Waals surface area contributed by atoms with E-state index in [1.807, 2.05) is 36.4 Å². The van der Waals surface area contributed by atoms with E-state index in [0.29, 0.717) is 12.1 Å². The molecule has 1 saturated heterocycles. The third kappa shape index (κ3) is 3.85. The van der Waals surface area contributed by atoms with Crippen LogP contribution in [0.25, 0.3) is 11.1 Å². The van der Waals surface area contributed by atoms with E-state index in [9.17, 15) is 4.79 Å². The summed E-state index contributed by atoms with van der Waals surface area (Å²) in [5.41, 5.74) is 2.82. The summed E-state index contributed by atoms with van der Waals surface area (Å²) in [6.07, 6.45) is 0. The van der Waals surface area contributed by atoms with Crippen LogP contribution in [0.5, 0.6) is 0 Å². The van der Waals surface area contributed by atoms with Crippen molar-refractivity contribution in [3.63, 3.8) is 0 Å². The topological polar surface area (TPSA) is 41.6 Å². The molecule has 0 amide bonds. The van der Waals surface area contributed by atoms with Gasteiger partial charge in [-0.1, -0.05) is 35.9 Å². The van der Waals surface area contributed by atoms with Crippen LogP contribution in [-0.4, -0.2) is 47.1 Å². The van der Waals surface area contributed by atoms with E-state index in [1.54, 1.807) is 4.57 Å². The Morgan fingerprint density at radius 2 is 1.58 bits per heavy atom. The van der Waals surface area contributed by atoms with Crippen molar-refractivity contribution in [1.29, 1.82) is 0 Å². The maximum Gasteiger partial charge on any atom is 0.419 e. The second kappa shape index (κ2) is 7.66. The van der Waals surface area contributed by atoms with E-state index < -0.39 is 0 Å². The third-order valence-corrected chi connectivity index (χ3v) is 5.25. The molecule has 1 aliphatic heterocycles. The van der Waals surface area contributed by atoms with E-state index in [-0.39, 0.29) is 5.76 Å². The van der Waals surface area contributed by atoms with Gasteiger partial charge in [0.25, 0.3) is 0 Å². The van der Waals surface area contributed by atoms with Crippen LogP contribution in [0.2, 0.25) is 5.02 Å². The second-order valence-corrected chi connectivity index (χ2v) is 7.17. The van der Waals surface area contributed by atoms with Gasteiger partial charge in [-0.05, 0) is 29.8 Å². The molecule has 0 spiro atoms. The van der Waals surface area contributed by atoms with Gasteiger partial charge < -0.3 is 4.42 Å². The van der Waals surface area contributed by atoms with E-state index in [1.165, 1.54) is 5.56 Å². The Labute approximate surface area is 157 Å². The molecule has 0 bridgehead atoms. The molecule has 136 valence electrons. The van der Waals surface area contributed by atoms with Gasteiger partial charge in [-0.3, -0.25) is 14.4 Å². The number of hydrogen-bond acceptors (Lipinski definition) is 4. The van der Waals surface area contributed by atoms with E-state index in [0.717, 1.165) is 49.8 Å². The molecule has 6 heteroatoms. The molecule has 2 aromatic carbocycles. The molecule has 0 aliphatic carbocycles. The van der Waals surface area contributed by atoms with Crippen molar-refractivity contribution in [2.24, 2.45) is 0 Å². The molecule has 0 saturated carbocycles. The summed E-state index contributed by atoms with van der Waals surface area (Å²) in [7, 11) is 0. The lowest BCUT2D eigenvalue weighted by molar-refractivity contribution is 0.124. The number of rotatable bonds is 5. The molecule has 1 aromatic heterocycles. The highest BCUT2D eigenvalue weighted by atomic mass is 35.5. The normalized spacial score (nSPS) is 16.3. The highest BCUT2D eigenvalue weighted by Crippen LogP contribution is 2.14. The summed E-state index contributed by atoms with van der Waals surface area (Å²) < 4.78 is 7.03. The summed E-state index contributed by atoms with van der Waals surface area (Å²) in [4.78, 5) is 16.9. The minimum absolute atomic E-state index is 0.271. The number of aromatic nitrogens is 1. The number of fused-ring (bicyclic) bond motifs is 1. The standard InChI is InChI=1S/C20H22ClN3O2/c21-17-7-5-16(6-8-17)15-23-11-9-22(10-12-23)13-14-24-18-3-1-2-4-19(18)26-20(24)25/h1-8H,9-15H2. The third-order valence-electron chi connectivity index (χ3n) is 5.00. The van der Waals surface area contributed by atoms with Crippen LogP contribution < -0.4 is 5.76 Å². The van der Waals surface area contributed by atoms with Gasteiger partial charge in [0.2, 0.25) is 0 Å². The van der Waals surface area contributed by atoms with Gasteiger partial charge in [-0.2, -0.15) is 0 Å². The molecule has 0 unspecified atom stereocenters. The fourth-order valence-electron chi connectivity index (χ4n) is 3.49. The zero-order valence-electron chi connectivity index (χ0n) is 14.6. The van der Waals surface area contributed by atoms with Crippen LogP contribution in [0, 0.1) is 0 Å². The smallest absolute Gasteiger partial charge is 0.408 e. The first kappa shape index (κ1) is 17.3. The highest BCUT2D eigenvalue weighted by Gasteiger charge is 2.17. The van der Waals surface area contributed by atoms with Crippen LogP contribution in [-0.2, 0) is 13.1 Å². The summed E-state index contributed by atoms with van der Waals surface area (Å²) in [6, 6.07) is 15.7. The predicted octanol–water partition coefficient (Wildman–Crippen LogP) is 3.07. The van der Waals surface area contributed by atoms with Crippen molar-refractivity contribution < 1.29 is 4.42 Å². The lowest BCUT2D eigenvalue weighted by atomic mass is 10.2. The number of nitrogens with zero attached hydrogens (tertiary/aromatic N) is 3. The van der Waals surface area contributed by atoms with Crippen molar-refractivity contribution in [3.8, 4) is 0 Å². The van der Waals surface area contributed by atoms with Crippen molar-refractivity contribution in [1.82, 2.24) is 14.4 Å². The Bertz CT molecular complexity index is 924. The van der Waals surface area contributed by atoms with E-state index in [4.69, 9.17) is 16.0 Å². The monoisotopic (exact) mass is 371 g/mol. The molecule has 2 heterocycles. The van der Waals surface area contributed by atoms with Crippen LogP contribution in [0.15, 0.2) is 57.7 Å². The van der Waals surface area contributed by atoms with Gasteiger partial charge in [-0.15, -0.1) is 0 Å². The average Bonchev–Trinajstić information content (AvgIpc) is 2.98. The second-order valence-electron chi connectivity index (χ2n) is 6.73. The Morgan fingerprint density at radius 3 is 2.35 bits per heavy atom. The first-order chi connectivity index (χ1) is 12.7. The fraction of sp³-hybridized carbons (Fsp3) is 0.350. The number of hydrogen-bond donors (Lipinski definition) is 0. The number of para-hydroxylation sites is 2. The summed E-state index contributed by atoms with van der Waals surface area (Å²) in [5.74, 6) is -0.271. The SMILES string of the molecule is O=c1oc2ccccc2n1CCN1CCN(Cc2ccc(Cl)cc2)CC1. The summed E-state index contributed by atoms with van der Waals surface area (Å²) >= 11 is 5.95. The lowest BCUT2D eigenvalue weighted by Gasteiger charge is -2.34. The zero-order chi connectivity index (χ0) is 17.9. The number of halogens is 1. The maximum atomic E-state index is 12.1. The quantitative estimate of drug-likeness (QED) is 0.691. The van der Waals surface area contributed by atoms with Gasteiger partial charge >= 0.3 is 5.76 Å². The van der Waals surface area contributed by atoms with Gasteiger partial charge in [0, 0.05) is 50.8 Å². The molecule has 0 radical (unpaired) electrons. The predicted molar refractivity (Wildman–Crippen MR) is 104 cm³/mol. The van der Waals surface area contributed by atoms with Gasteiger partial charge in [0.1, 0.15) is 0 Å². The van der Waals surface area contributed by atoms with Crippen molar-refractivity contribution >= 4 is 22.7 Å². The minimum Gasteiger partial charge on any atom is -0.408 e. The van der Waals surface area contributed by atoms with E-state index >= 15 is 0 Å². The summed E-state index contributed by atoms with van der Waals surface area (Å²) in [6.45, 7) is 6.56. The van der Waals surface area contributed by atoms with Crippen LogP contribution in [0.1, 0.15) is 5.56 Å². The molecule has 3 aromatic rings. The molecule has 26 heavy (non-hydrogen) atoms. The lowest BCUT2D eigenvalue weighted by Crippen LogP contribution is -2.46. The Hall–Kier alpha value is -2.08. The van der Waals surface area contributed by atoms with Gasteiger partial charge in [-0.25, -0.2) is 4.79 Å². The Balaban J connectivity index is 1.30. The number of benzene rings is 2. The molecular formula is C20H22ClN3O2. The molecule has 4 rings (SSSR count). The van der Waals surface area contributed by atoms with Gasteiger partial charge in [0.05, 0.1) is 5.52 Å². The largest absolute Gasteiger partial charge is 0.419 e. The van der Waals surface area contributed by atoms with E-state index in [2.05, 4.69) is 21.9 Å². The first-order valence-corrected chi connectivity index (χ1v) is 9.34. The Kier molecular flexibility index (Phi) is 5.11. The van der Waals surface area contributed by atoms with Crippen LogP contribution in [0.4, 0.5) is 0 Å². The van der Waals surface area contributed by atoms with Crippen molar-refractivity contribution in [2.75, 3.05) is 32.7 Å². The number of piperazine rings is 1. The zero-order valence-corrected chi connectivity index (χ0v) is 15.4. The van der Waals surface area contributed by atoms with Crippen LogP contribution >= 0.6 is 11.6 Å². The average molecular weight is 372 g/mol. The first-order valence-electron chi connectivity index (χ1n) is 8.96. The Morgan fingerprint density at radius 1 is 0.885 bits per heavy atom. The van der Waals surface area contributed by atoms with Crippen molar-refractivity contribution in [2.45, 2.75) is 13.1 Å². The van der Waals surface area contributed by atoms with Crippen LogP contribution in [0.3, 0.4) is 0 Å².